The Bertz CT molecular complexity index is 590. The minimum atomic E-state index is -0.832. The van der Waals surface area contributed by atoms with E-state index in [1.165, 1.54) is 6.07 Å². The van der Waals surface area contributed by atoms with Gasteiger partial charge in [0.2, 0.25) is 0 Å². The lowest BCUT2D eigenvalue weighted by Crippen LogP contribution is -2.00. The molecule has 1 heterocycles. The van der Waals surface area contributed by atoms with Crippen molar-refractivity contribution in [3.8, 4) is 0 Å². The van der Waals surface area contributed by atoms with Gasteiger partial charge < -0.3 is 9.67 Å². The van der Waals surface area contributed by atoms with Crippen molar-refractivity contribution in [2.45, 2.75) is 25.5 Å². The Morgan fingerprint density at radius 2 is 2.00 bits per heavy atom. The topological polar surface area (TPSA) is 25.2 Å². The lowest BCUT2D eigenvalue weighted by molar-refractivity contribution is 0.154. The predicted octanol–water partition coefficient (Wildman–Crippen LogP) is 3.26. The second-order valence-corrected chi connectivity index (χ2v) is 5.15. The second kappa shape index (κ2) is 4.78. The molecule has 1 unspecified atom stereocenters. The van der Waals surface area contributed by atoms with Gasteiger partial charge in [0.05, 0.1) is 6.10 Å². The summed E-state index contributed by atoms with van der Waals surface area (Å²) in [6, 6.07) is 5.78. The normalized spacial score (nSPS) is 16.6. The van der Waals surface area contributed by atoms with Gasteiger partial charge in [0.15, 0.2) is 11.6 Å². The van der Waals surface area contributed by atoms with Crippen LogP contribution in [0.4, 0.5) is 8.78 Å². The van der Waals surface area contributed by atoms with Crippen molar-refractivity contribution in [2.75, 3.05) is 0 Å². The Balaban J connectivity index is 1.74. The van der Waals surface area contributed by atoms with Gasteiger partial charge in [-0.15, -0.1) is 0 Å². The number of aliphatic hydroxyl groups is 1. The van der Waals surface area contributed by atoms with Crippen molar-refractivity contribution in [1.29, 1.82) is 0 Å². The van der Waals surface area contributed by atoms with Gasteiger partial charge in [0.25, 0.3) is 0 Å². The third-order valence-corrected chi connectivity index (χ3v) is 3.53. The van der Waals surface area contributed by atoms with E-state index in [9.17, 15) is 13.9 Å². The summed E-state index contributed by atoms with van der Waals surface area (Å²) >= 11 is 0. The zero-order valence-corrected chi connectivity index (χ0v) is 10.4. The quantitative estimate of drug-likeness (QED) is 0.900. The lowest BCUT2D eigenvalue weighted by atomic mass is 10.1. The largest absolute Gasteiger partial charge is 0.388 e. The monoisotopic (exact) mass is 263 g/mol. The molecular weight excluding hydrogens is 248 g/mol. The molecule has 1 atom stereocenters. The van der Waals surface area contributed by atoms with Gasteiger partial charge in [0.1, 0.15) is 0 Å². The predicted molar refractivity (Wildman–Crippen MR) is 67.6 cm³/mol. The summed E-state index contributed by atoms with van der Waals surface area (Å²) in [5.41, 5.74) is 1.59. The SMILES string of the molecule is OC(c1ccn(Cc2ccc(F)c(F)c2)c1)C1CC1. The molecule has 4 heteroatoms. The van der Waals surface area contributed by atoms with Gasteiger partial charge in [0, 0.05) is 18.9 Å². The number of hydrogen-bond donors (Lipinski definition) is 1. The fraction of sp³-hybridized carbons (Fsp3) is 0.333. The van der Waals surface area contributed by atoms with Gasteiger partial charge in [-0.25, -0.2) is 8.78 Å². The van der Waals surface area contributed by atoms with Crippen LogP contribution in [-0.4, -0.2) is 9.67 Å². The summed E-state index contributed by atoms with van der Waals surface area (Å²) < 4.78 is 27.8. The molecule has 3 rings (SSSR count). The molecule has 1 fully saturated rings. The molecule has 1 N–H and O–H groups in total. The average molecular weight is 263 g/mol. The maximum absolute atomic E-state index is 13.1. The molecule has 0 bridgehead atoms. The van der Waals surface area contributed by atoms with Gasteiger partial charge in [-0.2, -0.15) is 0 Å². The number of rotatable bonds is 4. The second-order valence-electron chi connectivity index (χ2n) is 5.15. The molecule has 0 spiro atoms. The molecule has 1 aliphatic rings. The highest BCUT2D eigenvalue weighted by Gasteiger charge is 2.31. The standard InChI is InChI=1S/C15H15F2NO/c16-13-4-1-10(7-14(13)17)8-18-6-5-12(9-18)15(19)11-2-3-11/h1,4-7,9,11,15,19H,2-3,8H2. The molecule has 1 aliphatic carbocycles. The zero-order valence-electron chi connectivity index (χ0n) is 10.4. The van der Waals surface area contributed by atoms with Crippen LogP contribution in [0.1, 0.15) is 30.1 Å². The minimum Gasteiger partial charge on any atom is -0.388 e. The number of halogens is 2. The molecule has 19 heavy (non-hydrogen) atoms. The van der Waals surface area contributed by atoms with E-state index in [0.717, 1.165) is 24.5 Å². The van der Waals surface area contributed by atoms with Crippen molar-refractivity contribution >= 4 is 0 Å². The molecule has 2 aromatic rings. The molecule has 0 amide bonds. The van der Waals surface area contributed by atoms with Crippen LogP contribution in [0.3, 0.4) is 0 Å². The van der Waals surface area contributed by atoms with Crippen LogP contribution in [0.25, 0.3) is 0 Å². The highest BCUT2D eigenvalue weighted by atomic mass is 19.2. The summed E-state index contributed by atoms with van der Waals surface area (Å²) in [7, 11) is 0. The van der Waals surface area contributed by atoms with Crippen molar-refractivity contribution in [2.24, 2.45) is 5.92 Å². The van der Waals surface area contributed by atoms with Crippen molar-refractivity contribution in [3.63, 3.8) is 0 Å². The summed E-state index contributed by atoms with van der Waals surface area (Å²) in [5, 5.41) is 10.00. The Morgan fingerprint density at radius 1 is 1.21 bits per heavy atom. The maximum atomic E-state index is 13.1. The summed E-state index contributed by atoms with van der Waals surface area (Å²) in [6.45, 7) is 0.467. The zero-order chi connectivity index (χ0) is 13.4. The Labute approximate surface area is 110 Å². The number of benzene rings is 1. The molecule has 1 saturated carbocycles. The minimum absolute atomic E-state index is 0.388. The van der Waals surface area contributed by atoms with Gasteiger partial charge in [-0.3, -0.25) is 0 Å². The van der Waals surface area contributed by atoms with Gasteiger partial charge in [-0.05, 0) is 48.1 Å². The molecule has 2 nitrogen and oxygen atoms in total. The maximum Gasteiger partial charge on any atom is 0.159 e. The number of hydrogen-bond acceptors (Lipinski definition) is 1. The van der Waals surface area contributed by atoms with E-state index in [2.05, 4.69) is 0 Å². The third kappa shape index (κ3) is 2.68. The lowest BCUT2D eigenvalue weighted by Gasteiger charge is -2.07. The van der Waals surface area contributed by atoms with E-state index in [0.29, 0.717) is 18.0 Å². The third-order valence-electron chi connectivity index (χ3n) is 3.53. The number of aromatic nitrogens is 1. The first-order valence-electron chi connectivity index (χ1n) is 6.41. The first kappa shape index (κ1) is 12.4. The van der Waals surface area contributed by atoms with E-state index in [1.54, 1.807) is 6.07 Å². The van der Waals surface area contributed by atoms with Crippen LogP contribution in [0, 0.1) is 17.6 Å². The van der Waals surface area contributed by atoms with Crippen LogP contribution in [-0.2, 0) is 6.54 Å². The molecular formula is C15H15F2NO. The number of aliphatic hydroxyl groups excluding tert-OH is 1. The highest BCUT2D eigenvalue weighted by Crippen LogP contribution is 2.40. The summed E-state index contributed by atoms with van der Waals surface area (Å²) in [6.07, 6.45) is 5.48. The van der Waals surface area contributed by atoms with Crippen LogP contribution < -0.4 is 0 Å². The van der Waals surface area contributed by atoms with E-state index in [1.807, 2.05) is 23.0 Å². The smallest absolute Gasteiger partial charge is 0.159 e. The fourth-order valence-corrected chi connectivity index (χ4v) is 2.27. The van der Waals surface area contributed by atoms with Crippen molar-refractivity contribution in [1.82, 2.24) is 4.57 Å². The molecule has 0 aliphatic heterocycles. The molecule has 100 valence electrons. The van der Waals surface area contributed by atoms with Crippen molar-refractivity contribution in [3.05, 3.63) is 59.4 Å². The van der Waals surface area contributed by atoms with Crippen molar-refractivity contribution < 1.29 is 13.9 Å². The fourth-order valence-electron chi connectivity index (χ4n) is 2.27. The van der Waals surface area contributed by atoms with Gasteiger partial charge in [-0.1, -0.05) is 6.07 Å². The summed E-state index contributed by atoms with van der Waals surface area (Å²) in [5.74, 6) is -1.27. The summed E-state index contributed by atoms with van der Waals surface area (Å²) in [4.78, 5) is 0. The van der Waals surface area contributed by atoms with E-state index in [4.69, 9.17) is 0 Å². The average Bonchev–Trinajstić information content (AvgIpc) is 3.14. The van der Waals surface area contributed by atoms with Crippen LogP contribution in [0.2, 0.25) is 0 Å². The first-order chi connectivity index (χ1) is 9.13. The first-order valence-corrected chi connectivity index (χ1v) is 6.41. The van der Waals surface area contributed by atoms with E-state index >= 15 is 0 Å². The van der Waals surface area contributed by atoms with Crippen LogP contribution in [0.5, 0.6) is 0 Å². The Hall–Kier alpha value is -1.68. The van der Waals surface area contributed by atoms with Gasteiger partial charge >= 0.3 is 0 Å². The Kier molecular flexibility index (Phi) is 3.11. The molecule has 0 saturated heterocycles. The van der Waals surface area contributed by atoms with Crippen LogP contribution >= 0.6 is 0 Å². The molecule has 1 aromatic carbocycles. The van der Waals surface area contributed by atoms with E-state index in [-0.39, 0.29) is 0 Å². The molecule has 0 radical (unpaired) electrons. The van der Waals surface area contributed by atoms with E-state index < -0.39 is 17.7 Å². The highest BCUT2D eigenvalue weighted by molar-refractivity contribution is 5.21. The number of nitrogens with zero attached hydrogens (tertiary/aromatic N) is 1. The molecule has 1 aromatic heterocycles. The Morgan fingerprint density at radius 3 is 2.68 bits per heavy atom. The van der Waals surface area contributed by atoms with Crippen LogP contribution in [0.15, 0.2) is 36.7 Å².